The minimum Gasteiger partial charge on any atom is -0.489 e. The van der Waals surface area contributed by atoms with Crippen LogP contribution in [0, 0.1) is 17.2 Å². The zero-order valence-corrected chi connectivity index (χ0v) is 24.3. The Labute approximate surface area is 247 Å². The number of carbonyl (C=O) groups excluding carboxylic acids is 1. The summed E-state index contributed by atoms with van der Waals surface area (Å²) in [6.07, 6.45) is 7.76. The van der Waals surface area contributed by atoms with Gasteiger partial charge in [0.05, 0.1) is 11.4 Å². The Morgan fingerprint density at radius 3 is 2.46 bits per heavy atom. The number of nitrogens with zero attached hydrogens (tertiary/aromatic N) is 3. The zero-order valence-electron chi connectivity index (χ0n) is 23.5. The molecule has 4 aromatic rings. The van der Waals surface area contributed by atoms with Gasteiger partial charge in [0.15, 0.2) is 0 Å². The average Bonchev–Trinajstić information content (AvgIpc) is 3.44. The molecule has 41 heavy (non-hydrogen) atoms. The van der Waals surface area contributed by atoms with Crippen LogP contribution in [0.15, 0.2) is 90.6 Å². The molecule has 4 rings (SSSR count). The Balaban J connectivity index is 1.57. The quantitative estimate of drug-likeness (QED) is 0.131. The van der Waals surface area contributed by atoms with Crippen LogP contribution in [0.1, 0.15) is 50.7 Å². The van der Waals surface area contributed by atoms with E-state index in [2.05, 4.69) is 25.2 Å². The predicted molar refractivity (Wildman–Crippen MR) is 165 cm³/mol. The highest BCUT2D eigenvalue weighted by Gasteiger charge is 2.16. The largest absolute Gasteiger partial charge is 0.489 e. The van der Waals surface area contributed by atoms with Crippen LogP contribution in [0.5, 0.6) is 5.75 Å². The molecular formula is C34H35ClN4O2. The molecule has 0 saturated heterocycles. The molecule has 3 aromatic carbocycles. The van der Waals surface area contributed by atoms with Crippen LogP contribution < -0.4 is 10.1 Å². The minimum absolute atomic E-state index is 0.0483. The van der Waals surface area contributed by atoms with Gasteiger partial charge in [0, 0.05) is 28.9 Å². The summed E-state index contributed by atoms with van der Waals surface area (Å²) < 4.78 is 7.70. The van der Waals surface area contributed by atoms with Gasteiger partial charge in [-0.15, -0.1) is 0 Å². The Morgan fingerprint density at radius 1 is 1.07 bits per heavy atom. The molecule has 0 aliphatic carbocycles. The molecule has 1 amide bonds. The maximum atomic E-state index is 13.0. The smallest absolute Gasteiger partial charge is 0.261 e. The molecule has 0 radical (unpaired) electrons. The molecule has 7 heteroatoms. The number of aromatic nitrogens is 2. The van der Waals surface area contributed by atoms with Crippen molar-refractivity contribution in [2.75, 3.05) is 6.54 Å². The van der Waals surface area contributed by atoms with E-state index in [4.69, 9.17) is 21.4 Å². The summed E-state index contributed by atoms with van der Waals surface area (Å²) in [6, 6.07) is 27.0. The number of unbranched alkanes of at least 4 members (excludes halogenated alkanes) is 1. The second-order valence-corrected chi connectivity index (χ2v) is 10.4. The number of nitriles is 1. The lowest BCUT2D eigenvalue weighted by Crippen LogP contribution is -2.30. The predicted octanol–water partition coefficient (Wildman–Crippen LogP) is 8.01. The highest BCUT2D eigenvalue weighted by Crippen LogP contribution is 2.28. The fourth-order valence-electron chi connectivity index (χ4n) is 4.47. The Kier molecular flexibility index (Phi) is 10.8. The lowest BCUT2D eigenvalue weighted by Gasteiger charge is -2.15. The Hall–Kier alpha value is -4.34. The van der Waals surface area contributed by atoms with Crippen molar-refractivity contribution in [1.82, 2.24) is 15.1 Å². The van der Waals surface area contributed by atoms with Gasteiger partial charge in [-0.05, 0) is 72.5 Å². The highest BCUT2D eigenvalue weighted by molar-refractivity contribution is 6.30. The van der Waals surface area contributed by atoms with Crippen molar-refractivity contribution < 1.29 is 9.53 Å². The van der Waals surface area contributed by atoms with E-state index in [0.29, 0.717) is 41.1 Å². The van der Waals surface area contributed by atoms with Gasteiger partial charge in [0.25, 0.3) is 5.91 Å². The first-order valence-corrected chi connectivity index (χ1v) is 14.4. The summed E-state index contributed by atoms with van der Waals surface area (Å²) in [6.45, 7) is 5.27. The van der Waals surface area contributed by atoms with Crippen molar-refractivity contribution in [3.05, 3.63) is 107 Å². The molecule has 1 aromatic heterocycles. The van der Waals surface area contributed by atoms with Crippen molar-refractivity contribution >= 4 is 23.6 Å². The first kappa shape index (κ1) is 29.6. The van der Waals surface area contributed by atoms with Crippen LogP contribution in [-0.4, -0.2) is 22.2 Å². The number of benzene rings is 3. The number of para-hydroxylation sites is 1. The molecule has 1 heterocycles. The van der Waals surface area contributed by atoms with E-state index in [1.807, 2.05) is 85.1 Å². The van der Waals surface area contributed by atoms with Gasteiger partial charge in [-0.3, -0.25) is 4.79 Å². The maximum Gasteiger partial charge on any atom is 0.261 e. The minimum atomic E-state index is -0.369. The summed E-state index contributed by atoms with van der Waals surface area (Å²) >= 11 is 5.97. The summed E-state index contributed by atoms with van der Waals surface area (Å²) in [4.78, 5) is 13.0. The average molecular weight is 567 g/mol. The third-order valence-corrected chi connectivity index (χ3v) is 7.22. The van der Waals surface area contributed by atoms with Gasteiger partial charge in [0.2, 0.25) is 0 Å². The number of rotatable bonds is 13. The van der Waals surface area contributed by atoms with E-state index in [9.17, 15) is 10.1 Å². The molecule has 1 N–H and O–H groups in total. The van der Waals surface area contributed by atoms with Crippen molar-refractivity contribution in [3.63, 3.8) is 0 Å². The normalized spacial score (nSPS) is 12.0. The zero-order chi connectivity index (χ0) is 29.0. The van der Waals surface area contributed by atoms with E-state index < -0.39 is 0 Å². The van der Waals surface area contributed by atoms with Gasteiger partial charge in [0.1, 0.15) is 24.0 Å². The van der Waals surface area contributed by atoms with Crippen LogP contribution in [0.4, 0.5) is 0 Å². The second kappa shape index (κ2) is 14.9. The molecule has 0 fully saturated rings. The topological polar surface area (TPSA) is 79.9 Å². The van der Waals surface area contributed by atoms with Gasteiger partial charge in [-0.25, -0.2) is 4.68 Å². The first-order chi connectivity index (χ1) is 20.0. The number of halogens is 1. The van der Waals surface area contributed by atoms with Gasteiger partial charge in [-0.2, -0.15) is 10.4 Å². The standard InChI is InChI=1S/C34H35ClN4O2/c1-3-5-9-25(4-2)22-37-34(40)28(21-36)20-29-23-39(31-10-7-6-8-11-31)38-33(29)27-14-18-32(19-15-27)41-24-26-12-16-30(35)17-13-26/h6-8,10-20,23,25H,3-5,9,22,24H2,1-2H3,(H,37,40)/b28-20+. The molecule has 210 valence electrons. The number of amides is 1. The fourth-order valence-corrected chi connectivity index (χ4v) is 4.59. The number of hydrogen-bond acceptors (Lipinski definition) is 4. The van der Waals surface area contributed by atoms with Crippen LogP contribution in [0.3, 0.4) is 0 Å². The molecule has 0 saturated carbocycles. The first-order valence-electron chi connectivity index (χ1n) is 14.0. The van der Waals surface area contributed by atoms with E-state index in [0.717, 1.165) is 42.5 Å². The van der Waals surface area contributed by atoms with Crippen molar-refractivity contribution in [3.8, 4) is 28.8 Å². The summed E-state index contributed by atoms with van der Waals surface area (Å²) in [5.74, 6) is 0.747. The molecule has 1 unspecified atom stereocenters. The fraction of sp³-hybridized carbons (Fsp3) is 0.265. The lowest BCUT2D eigenvalue weighted by molar-refractivity contribution is -0.117. The Bertz CT molecular complexity index is 1490. The monoisotopic (exact) mass is 566 g/mol. The second-order valence-electron chi connectivity index (χ2n) is 9.95. The number of carbonyl (C=O) groups is 1. The molecule has 1 atom stereocenters. The third-order valence-electron chi connectivity index (χ3n) is 6.97. The molecule has 6 nitrogen and oxygen atoms in total. The lowest BCUT2D eigenvalue weighted by atomic mass is 9.99. The molecule has 0 aliphatic heterocycles. The SMILES string of the molecule is CCCCC(CC)CNC(=O)/C(C#N)=C/c1cn(-c2ccccc2)nc1-c1ccc(OCc2ccc(Cl)cc2)cc1. The number of ether oxygens (including phenoxy) is 1. The van der Waals surface area contributed by atoms with Crippen LogP contribution in [0.25, 0.3) is 23.0 Å². The van der Waals surface area contributed by atoms with Crippen molar-refractivity contribution in [1.29, 1.82) is 5.26 Å². The summed E-state index contributed by atoms with van der Waals surface area (Å²) in [5, 5.41) is 18.4. The summed E-state index contributed by atoms with van der Waals surface area (Å²) in [7, 11) is 0. The van der Waals surface area contributed by atoms with Crippen LogP contribution in [0.2, 0.25) is 5.02 Å². The van der Waals surface area contributed by atoms with Crippen molar-refractivity contribution in [2.24, 2.45) is 5.92 Å². The van der Waals surface area contributed by atoms with Crippen molar-refractivity contribution in [2.45, 2.75) is 46.1 Å². The number of hydrogen-bond donors (Lipinski definition) is 1. The van der Waals surface area contributed by atoms with Gasteiger partial charge >= 0.3 is 0 Å². The van der Waals surface area contributed by atoms with E-state index in [-0.39, 0.29) is 11.5 Å². The van der Waals surface area contributed by atoms with E-state index in [1.165, 1.54) is 0 Å². The third kappa shape index (κ3) is 8.33. The molecule has 0 spiro atoms. The van der Waals surface area contributed by atoms with E-state index >= 15 is 0 Å². The molecule has 0 bridgehead atoms. The molecular weight excluding hydrogens is 532 g/mol. The summed E-state index contributed by atoms with van der Waals surface area (Å²) in [5.41, 5.74) is 4.12. The highest BCUT2D eigenvalue weighted by atomic mass is 35.5. The number of nitrogens with one attached hydrogen (secondary N) is 1. The van der Waals surface area contributed by atoms with Gasteiger partial charge < -0.3 is 10.1 Å². The maximum absolute atomic E-state index is 13.0. The molecule has 0 aliphatic rings. The van der Waals surface area contributed by atoms with E-state index in [1.54, 1.807) is 10.8 Å². The van der Waals surface area contributed by atoms with Gasteiger partial charge in [-0.1, -0.05) is 75.0 Å². The Morgan fingerprint density at radius 2 is 1.80 bits per heavy atom. The van der Waals surface area contributed by atoms with Crippen LogP contribution in [-0.2, 0) is 11.4 Å². The van der Waals surface area contributed by atoms with Crippen LogP contribution >= 0.6 is 11.6 Å².